The van der Waals surface area contributed by atoms with Crippen LogP contribution in [0.5, 0.6) is 0 Å². The van der Waals surface area contributed by atoms with Crippen LogP contribution in [0.15, 0.2) is 29.3 Å². The quantitative estimate of drug-likeness (QED) is 0.151. The molecule has 2 aliphatic rings. The molecular formula is C25H30N8O6S2. The number of amides is 2. The zero-order chi connectivity index (χ0) is 29.5. The van der Waals surface area contributed by atoms with Crippen molar-refractivity contribution in [3.8, 4) is 0 Å². The van der Waals surface area contributed by atoms with Crippen LogP contribution in [0.2, 0.25) is 0 Å². The van der Waals surface area contributed by atoms with Gasteiger partial charge in [-0.15, -0.1) is 11.3 Å². The van der Waals surface area contributed by atoms with Crippen LogP contribution in [0.25, 0.3) is 10.9 Å². The lowest BCUT2D eigenvalue weighted by Crippen LogP contribution is -2.57. The number of carbonyl (C=O) groups is 3. The number of carboxylic acids is 1. The van der Waals surface area contributed by atoms with E-state index in [-0.39, 0.29) is 48.0 Å². The van der Waals surface area contributed by atoms with E-state index in [2.05, 4.69) is 20.6 Å². The second kappa shape index (κ2) is 11.2. The fourth-order valence-corrected chi connectivity index (χ4v) is 7.50. The van der Waals surface area contributed by atoms with Gasteiger partial charge < -0.3 is 31.4 Å². The highest BCUT2D eigenvalue weighted by Crippen LogP contribution is 2.28. The van der Waals surface area contributed by atoms with Crippen molar-refractivity contribution in [3.63, 3.8) is 0 Å². The monoisotopic (exact) mass is 602 g/mol. The third-order valence-electron chi connectivity index (χ3n) is 7.16. The van der Waals surface area contributed by atoms with Crippen LogP contribution >= 0.6 is 11.3 Å². The lowest BCUT2D eigenvalue weighted by atomic mass is 10.1. The van der Waals surface area contributed by atoms with E-state index in [4.69, 9.17) is 16.2 Å². The van der Waals surface area contributed by atoms with Gasteiger partial charge in [-0.3, -0.25) is 19.8 Å². The van der Waals surface area contributed by atoms with Gasteiger partial charge in [0.15, 0.2) is 5.01 Å². The summed E-state index contributed by atoms with van der Waals surface area (Å²) < 4.78 is 28.5. The van der Waals surface area contributed by atoms with Crippen LogP contribution < -0.4 is 16.4 Å². The molecule has 2 aliphatic heterocycles. The Bertz CT molecular complexity index is 1650. The van der Waals surface area contributed by atoms with Gasteiger partial charge in [0.2, 0.25) is 5.91 Å². The Hall–Kier alpha value is -3.86. The SMILES string of the molecule is CC1Cc2nc(C(=O)N3CCN(S(=O)(=O)c4cc5ccc(C(=N)N)cc5[nH]4)CC3CC(=O)NCC(=O)O)sc2CN1. The molecule has 0 aliphatic carbocycles. The molecule has 0 saturated carbocycles. The maximum Gasteiger partial charge on any atom is 0.322 e. The predicted octanol–water partition coefficient (Wildman–Crippen LogP) is 0.0489. The Morgan fingerprint density at radius 3 is 2.78 bits per heavy atom. The van der Waals surface area contributed by atoms with E-state index in [1.54, 1.807) is 18.2 Å². The first-order valence-corrected chi connectivity index (χ1v) is 15.2. The average Bonchev–Trinajstić information content (AvgIpc) is 3.55. The highest BCUT2D eigenvalue weighted by molar-refractivity contribution is 7.89. The minimum absolute atomic E-state index is 0.0148. The van der Waals surface area contributed by atoms with Crippen molar-refractivity contribution in [1.29, 1.82) is 5.41 Å². The molecule has 3 aromatic rings. The molecule has 1 saturated heterocycles. The van der Waals surface area contributed by atoms with Gasteiger partial charge in [0.1, 0.15) is 17.4 Å². The molecule has 0 radical (unpaired) electrons. The number of carboxylic acid groups (broad SMARTS) is 1. The number of amidine groups is 1. The van der Waals surface area contributed by atoms with Crippen molar-refractivity contribution in [3.05, 3.63) is 45.4 Å². The number of hydrogen-bond donors (Lipinski definition) is 6. The first-order chi connectivity index (χ1) is 19.4. The molecule has 4 heterocycles. The molecule has 0 spiro atoms. The van der Waals surface area contributed by atoms with Crippen LogP contribution in [0.1, 0.15) is 39.3 Å². The number of hydrogen-bond acceptors (Lipinski definition) is 9. The number of aromatic nitrogens is 2. The topological polar surface area (TPSA) is 215 Å². The summed E-state index contributed by atoms with van der Waals surface area (Å²) in [6.45, 7) is 1.87. The number of aliphatic carboxylic acids is 1. The molecule has 2 atom stereocenters. The number of carbonyl (C=O) groups excluding carboxylic acids is 2. The van der Waals surface area contributed by atoms with Gasteiger partial charge in [-0.05, 0) is 19.1 Å². The van der Waals surface area contributed by atoms with Crippen LogP contribution in [0, 0.1) is 5.41 Å². The third-order valence-corrected chi connectivity index (χ3v) is 10.0. The smallest absolute Gasteiger partial charge is 0.322 e. The molecule has 14 nitrogen and oxygen atoms in total. The van der Waals surface area contributed by atoms with Gasteiger partial charge in [0.25, 0.3) is 15.9 Å². The number of nitrogens with one attached hydrogen (secondary N) is 4. The average molecular weight is 603 g/mol. The minimum atomic E-state index is -4.07. The van der Waals surface area contributed by atoms with Gasteiger partial charge >= 0.3 is 5.97 Å². The van der Waals surface area contributed by atoms with Crippen molar-refractivity contribution in [1.82, 2.24) is 29.8 Å². The van der Waals surface area contributed by atoms with E-state index in [9.17, 15) is 22.8 Å². The standard InChI is InChI=1S/C25H30N8O6S2/c1-13-6-18-19(10-28-13)40-24(31-18)25(37)33-5-4-32(12-16(33)9-20(34)29-11-22(35)36)41(38,39)21-8-14-2-3-15(23(26)27)7-17(14)30-21/h2-3,7-8,13,16,28,30H,4-6,9-12H2,1H3,(H3,26,27)(H,29,34)(H,35,36). The van der Waals surface area contributed by atoms with Crippen molar-refractivity contribution in [2.24, 2.45) is 5.73 Å². The van der Waals surface area contributed by atoms with E-state index in [0.29, 0.717) is 29.4 Å². The van der Waals surface area contributed by atoms with Crippen molar-refractivity contribution >= 4 is 55.9 Å². The third kappa shape index (κ3) is 5.95. The molecule has 1 fully saturated rings. The Morgan fingerprint density at radius 1 is 1.27 bits per heavy atom. The number of rotatable bonds is 8. The van der Waals surface area contributed by atoms with Gasteiger partial charge in [-0.25, -0.2) is 13.4 Å². The fraction of sp³-hybridized carbons (Fsp3) is 0.400. The summed E-state index contributed by atoms with van der Waals surface area (Å²) in [7, 11) is -4.07. The van der Waals surface area contributed by atoms with E-state index in [1.165, 1.54) is 26.6 Å². The van der Waals surface area contributed by atoms with Gasteiger partial charge in [-0.1, -0.05) is 12.1 Å². The predicted molar refractivity (Wildman–Crippen MR) is 150 cm³/mol. The zero-order valence-electron chi connectivity index (χ0n) is 22.1. The molecular weight excluding hydrogens is 572 g/mol. The first-order valence-electron chi connectivity index (χ1n) is 12.9. The van der Waals surface area contributed by atoms with Crippen molar-refractivity contribution < 1.29 is 27.9 Å². The first kappa shape index (κ1) is 28.7. The number of nitrogens with zero attached hydrogens (tertiary/aromatic N) is 3. The van der Waals surface area contributed by atoms with E-state index in [0.717, 1.165) is 10.6 Å². The number of thiazole rings is 1. The number of benzene rings is 1. The summed E-state index contributed by atoms with van der Waals surface area (Å²) in [6, 6.07) is 5.73. The maximum absolute atomic E-state index is 13.7. The second-order valence-corrected chi connectivity index (χ2v) is 13.1. The Labute approximate surface area is 239 Å². The highest BCUT2D eigenvalue weighted by Gasteiger charge is 2.39. The lowest BCUT2D eigenvalue weighted by Gasteiger charge is -2.40. The molecule has 2 aromatic heterocycles. The Kier molecular flexibility index (Phi) is 7.83. The van der Waals surface area contributed by atoms with Crippen LogP contribution in [0.4, 0.5) is 0 Å². The number of nitrogen functional groups attached to an aromatic ring is 1. The van der Waals surface area contributed by atoms with Crippen LogP contribution in [0.3, 0.4) is 0 Å². The van der Waals surface area contributed by atoms with E-state index in [1.807, 2.05) is 6.92 Å². The minimum Gasteiger partial charge on any atom is -0.480 e. The molecule has 7 N–H and O–H groups in total. The fourth-order valence-electron chi connectivity index (χ4n) is 5.02. The van der Waals surface area contributed by atoms with Gasteiger partial charge in [-0.2, -0.15) is 4.31 Å². The molecule has 16 heteroatoms. The van der Waals surface area contributed by atoms with E-state index >= 15 is 0 Å². The number of piperazine rings is 1. The number of nitrogens with two attached hydrogens (primary N) is 1. The van der Waals surface area contributed by atoms with Gasteiger partial charge in [0, 0.05) is 66.4 Å². The summed E-state index contributed by atoms with van der Waals surface area (Å²) in [5, 5.41) is 23.0. The second-order valence-electron chi connectivity index (χ2n) is 10.1. The summed E-state index contributed by atoms with van der Waals surface area (Å²) >= 11 is 1.28. The van der Waals surface area contributed by atoms with Crippen molar-refractivity contribution in [2.45, 2.75) is 43.4 Å². The number of H-pyrrole nitrogens is 1. The van der Waals surface area contributed by atoms with Crippen LogP contribution in [-0.2, 0) is 32.6 Å². The van der Waals surface area contributed by atoms with Gasteiger partial charge in [0.05, 0.1) is 11.7 Å². The molecule has 5 rings (SSSR count). The molecule has 1 aromatic carbocycles. The largest absolute Gasteiger partial charge is 0.480 e. The summed E-state index contributed by atoms with van der Waals surface area (Å²) in [4.78, 5) is 47.0. The number of sulfonamides is 1. The lowest BCUT2D eigenvalue weighted by molar-refractivity contribution is -0.138. The molecule has 2 unspecified atom stereocenters. The molecule has 218 valence electrons. The Morgan fingerprint density at radius 2 is 2.05 bits per heavy atom. The molecule has 2 amide bonds. The highest BCUT2D eigenvalue weighted by atomic mass is 32.2. The summed E-state index contributed by atoms with van der Waals surface area (Å²) in [5.74, 6) is -2.38. The van der Waals surface area contributed by atoms with Crippen LogP contribution in [-0.4, -0.2) is 94.6 Å². The number of fused-ring (bicyclic) bond motifs is 2. The maximum atomic E-state index is 13.7. The number of aromatic amines is 1. The molecule has 0 bridgehead atoms. The Balaban J connectivity index is 1.40. The molecule has 41 heavy (non-hydrogen) atoms. The zero-order valence-corrected chi connectivity index (χ0v) is 23.8. The van der Waals surface area contributed by atoms with Crippen molar-refractivity contribution in [2.75, 3.05) is 26.2 Å². The normalized spacial score (nSPS) is 19.6. The summed E-state index contributed by atoms with van der Waals surface area (Å²) in [6.07, 6.45) is 0.397. The summed E-state index contributed by atoms with van der Waals surface area (Å²) in [5.41, 5.74) is 7.35. The van der Waals surface area contributed by atoms with E-state index < -0.39 is 40.4 Å².